The lowest BCUT2D eigenvalue weighted by Crippen LogP contribution is -2.45. The van der Waals surface area contributed by atoms with Crippen LogP contribution in [0.15, 0.2) is 0 Å². The summed E-state index contributed by atoms with van der Waals surface area (Å²) in [4.78, 5) is 2.71. The average molecular weight is 234 g/mol. The fourth-order valence-corrected chi connectivity index (χ4v) is 3.70. The first-order chi connectivity index (χ1) is 8.22. The van der Waals surface area contributed by atoms with Gasteiger partial charge in [-0.1, -0.05) is 33.1 Å². The summed E-state index contributed by atoms with van der Waals surface area (Å²) in [5.41, 5.74) is 0. The molecule has 0 N–H and O–H groups in total. The number of hydrogen-bond donors (Lipinski definition) is 0. The molecule has 0 heterocycles. The Labute approximate surface area is 106 Å². The lowest BCUT2D eigenvalue weighted by atomic mass is 9.99. The third-order valence-corrected chi connectivity index (χ3v) is 4.44. The van der Waals surface area contributed by atoms with Gasteiger partial charge < -0.3 is 0 Å². The van der Waals surface area contributed by atoms with E-state index in [4.69, 9.17) is 0 Å². The van der Waals surface area contributed by atoms with E-state index in [9.17, 15) is 5.26 Å². The number of nitrogens with zero attached hydrogens (tertiary/aromatic N) is 2. The Hall–Kier alpha value is -0.550. The van der Waals surface area contributed by atoms with Gasteiger partial charge in [-0.15, -0.1) is 0 Å². The van der Waals surface area contributed by atoms with Crippen LogP contribution in [0.1, 0.15) is 58.8 Å². The van der Waals surface area contributed by atoms with Crippen LogP contribution in [0.2, 0.25) is 0 Å². The van der Waals surface area contributed by atoms with E-state index in [-0.39, 0.29) is 0 Å². The monoisotopic (exact) mass is 234 g/mol. The van der Waals surface area contributed by atoms with Crippen molar-refractivity contribution < 1.29 is 0 Å². The van der Waals surface area contributed by atoms with Crippen molar-refractivity contribution in [3.05, 3.63) is 0 Å². The fourth-order valence-electron chi connectivity index (χ4n) is 3.70. The maximum absolute atomic E-state index is 9.29. The maximum Gasteiger partial charge on any atom is 0.0672 e. The van der Waals surface area contributed by atoms with Gasteiger partial charge in [-0.25, -0.2) is 0 Å². The molecule has 0 aromatic rings. The van der Waals surface area contributed by atoms with Crippen molar-refractivity contribution >= 4 is 0 Å². The van der Waals surface area contributed by atoms with Gasteiger partial charge in [0.1, 0.15) is 0 Å². The van der Waals surface area contributed by atoms with Crippen molar-refractivity contribution in [2.75, 3.05) is 6.54 Å². The van der Waals surface area contributed by atoms with Gasteiger partial charge in [-0.05, 0) is 31.6 Å². The van der Waals surface area contributed by atoms with E-state index in [1.165, 1.54) is 45.1 Å². The molecule has 0 saturated heterocycles. The normalized spacial score (nSPS) is 30.3. The first kappa shape index (κ1) is 12.9. The number of nitriles is 1. The molecule has 2 aliphatic carbocycles. The molecule has 2 saturated carbocycles. The minimum Gasteiger partial charge on any atom is -0.296 e. The molecule has 0 bridgehead atoms. The molecular formula is C15H26N2. The molecule has 2 nitrogen and oxygen atoms in total. The molecule has 96 valence electrons. The minimum absolute atomic E-state index is 0.300. The van der Waals surface area contributed by atoms with Crippen molar-refractivity contribution in [1.82, 2.24) is 4.90 Å². The highest BCUT2D eigenvalue weighted by Gasteiger charge is 2.36. The van der Waals surface area contributed by atoms with Crippen LogP contribution in [-0.2, 0) is 0 Å². The highest BCUT2D eigenvalue weighted by Crippen LogP contribution is 2.35. The summed E-state index contributed by atoms with van der Waals surface area (Å²) in [6.07, 6.45) is 9.14. The quantitative estimate of drug-likeness (QED) is 0.743. The van der Waals surface area contributed by atoms with Crippen LogP contribution >= 0.6 is 0 Å². The zero-order valence-electron chi connectivity index (χ0n) is 11.4. The number of hydrogen-bond acceptors (Lipinski definition) is 2. The molecule has 2 heteroatoms. The number of rotatable bonds is 4. The van der Waals surface area contributed by atoms with Crippen molar-refractivity contribution in [1.29, 1.82) is 5.26 Å². The van der Waals surface area contributed by atoms with Crippen LogP contribution < -0.4 is 0 Å². The predicted octanol–water partition coefficient (Wildman–Crippen LogP) is 3.58. The molecule has 2 atom stereocenters. The summed E-state index contributed by atoms with van der Waals surface area (Å²) in [6, 6.07) is 3.88. The highest BCUT2D eigenvalue weighted by molar-refractivity contribution is 4.99. The van der Waals surface area contributed by atoms with Crippen LogP contribution in [0, 0.1) is 23.2 Å². The van der Waals surface area contributed by atoms with Crippen LogP contribution in [0.5, 0.6) is 0 Å². The van der Waals surface area contributed by atoms with Gasteiger partial charge >= 0.3 is 0 Å². The topological polar surface area (TPSA) is 27.0 Å². The smallest absolute Gasteiger partial charge is 0.0672 e. The fraction of sp³-hybridized carbons (Fsp3) is 0.933. The lowest BCUT2D eigenvalue weighted by molar-refractivity contribution is 0.105. The molecule has 0 spiro atoms. The average Bonchev–Trinajstić information content (AvgIpc) is 2.96. The summed E-state index contributed by atoms with van der Waals surface area (Å²) >= 11 is 0. The van der Waals surface area contributed by atoms with Gasteiger partial charge in [0.2, 0.25) is 0 Å². The van der Waals surface area contributed by atoms with Crippen LogP contribution in [0.4, 0.5) is 0 Å². The van der Waals surface area contributed by atoms with Gasteiger partial charge in [-0.3, -0.25) is 4.90 Å². The Morgan fingerprint density at radius 2 is 1.82 bits per heavy atom. The van der Waals surface area contributed by atoms with Crippen molar-refractivity contribution in [3.63, 3.8) is 0 Å². The van der Waals surface area contributed by atoms with Gasteiger partial charge in [0.15, 0.2) is 0 Å². The molecule has 0 radical (unpaired) electrons. The molecule has 0 amide bonds. The highest BCUT2D eigenvalue weighted by atomic mass is 15.2. The third kappa shape index (κ3) is 3.01. The standard InChI is InChI=1S/C15H26N2/c1-12(2)11-17(14-7-3-4-8-14)15-9-5-6-13(15)10-16/h12-15H,3-9,11H2,1-2H3. The summed E-state index contributed by atoms with van der Waals surface area (Å²) in [5, 5.41) is 9.29. The summed E-state index contributed by atoms with van der Waals surface area (Å²) in [6.45, 7) is 5.80. The summed E-state index contributed by atoms with van der Waals surface area (Å²) in [7, 11) is 0. The molecule has 0 aliphatic heterocycles. The van der Waals surface area contributed by atoms with E-state index >= 15 is 0 Å². The first-order valence-corrected chi connectivity index (χ1v) is 7.37. The van der Waals surface area contributed by atoms with E-state index in [1.54, 1.807) is 0 Å². The Bertz CT molecular complexity index is 273. The Balaban J connectivity index is 2.06. The van der Waals surface area contributed by atoms with E-state index in [0.717, 1.165) is 18.4 Å². The van der Waals surface area contributed by atoms with E-state index < -0.39 is 0 Å². The van der Waals surface area contributed by atoms with Gasteiger partial charge in [0.25, 0.3) is 0 Å². The van der Waals surface area contributed by atoms with Crippen LogP contribution in [-0.4, -0.2) is 23.5 Å². The maximum atomic E-state index is 9.29. The molecule has 2 unspecified atom stereocenters. The van der Waals surface area contributed by atoms with Crippen molar-refractivity contribution in [2.45, 2.75) is 70.9 Å². The summed E-state index contributed by atoms with van der Waals surface area (Å²) in [5.74, 6) is 1.02. The van der Waals surface area contributed by atoms with Gasteiger partial charge in [0.05, 0.1) is 12.0 Å². The zero-order chi connectivity index (χ0) is 12.3. The Kier molecular flexibility index (Phi) is 4.45. The molecule has 17 heavy (non-hydrogen) atoms. The second kappa shape index (κ2) is 5.87. The Morgan fingerprint density at radius 1 is 1.12 bits per heavy atom. The second-order valence-electron chi connectivity index (χ2n) is 6.26. The Morgan fingerprint density at radius 3 is 2.41 bits per heavy atom. The summed E-state index contributed by atoms with van der Waals surface area (Å²) < 4.78 is 0. The predicted molar refractivity (Wildman–Crippen MR) is 70.5 cm³/mol. The molecule has 0 aromatic heterocycles. The lowest BCUT2D eigenvalue weighted by Gasteiger charge is -2.37. The van der Waals surface area contributed by atoms with Gasteiger partial charge in [0, 0.05) is 18.6 Å². The first-order valence-electron chi connectivity index (χ1n) is 7.37. The minimum atomic E-state index is 0.300. The van der Waals surface area contributed by atoms with E-state index in [0.29, 0.717) is 12.0 Å². The molecule has 0 aromatic carbocycles. The van der Waals surface area contributed by atoms with Crippen molar-refractivity contribution in [2.24, 2.45) is 11.8 Å². The SMILES string of the molecule is CC(C)CN(C1CCCC1)C1CCCC1C#N. The van der Waals surface area contributed by atoms with E-state index in [2.05, 4.69) is 24.8 Å². The molecule has 2 rings (SSSR count). The molecular weight excluding hydrogens is 208 g/mol. The van der Waals surface area contributed by atoms with Gasteiger partial charge in [-0.2, -0.15) is 5.26 Å². The molecule has 2 fully saturated rings. The molecule has 2 aliphatic rings. The van der Waals surface area contributed by atoms with E-state index in [1.807, 2.05) is 0 Å². The van der Waals surface area contributed by atoms with Crippen LogP contribution in [0.3, 0.4) is 0 Å². The zero-order valence-corrected chi connectivity index (χ0v) is 11.4. The van der Waals surface area contributed by atoms with Crippen molar-refractivity contribution in [3.8, 4) is 6.07 Å². The van der Waals surface area contributed by atoms with Crippen LogP contribution in [0.25, 0.3) is 0 Å². The largest absolute Gasteiger partial charge is 0.296 e. The second-order valence-corrected chi connectivity index (χ2v) is 6.26. The third-order valence-electron chi connectivity index (χ3n) is 4.44.